The summed E-state index contributed by atoms with van der Waals surface area (Å²) in [5.41, 5.74) is 1.16. The van der Waals surface area contributed by atoms with Crippen LogP contribution in [0.25, 0.3) is 0 Å². The molecule has 6 heteroatoms. The van der Waals surface area contributed by atoms with E-state index < -0.39 is 0 Å². The number of benzene rings is 1. The number of carbonyl (C=O) groups excluding carboxylic acids is 2. The molecular formula is C19H27N3O3. The van der Waals surface area contributed by atoms with Crippen LogP contribution in [0.2, 0.25) is 0 Å². The van der Waals surface area contributed by atoms with Crippen LogP contribution in [0.4, 0.5) is 0 Å². The zero-order chi connectivity index (χ0) is 17.5. The van der Waals surface area contributed by atoms with E-state index in [0.29, 0.717) is 19.4 Å². The molecule has 0 aromatic heterocycles. The van der Waals surface area contributed by atoms with Crippen molar-refractivity contribution >= 4 is 11.8 Å². The van der Waals surface area contributed by atoms with Crippen LogP contribution in [0.1, 0.15) is 18.4 Å². The van der Waals surface area contributed by atoms with Crippen molar-refractivity contribution in [3.63, 3.8) is 0 Å². The van der Waals surface area contributed by atoms with Gasteiger partial charge in [0, 0.05) is 45.6 Å². The second kappa shape index (κ2) is 8.97. The molecule has 2 aliphatic rings. The molecule has 1 aromatic rings. The summed E-state index contributed by atoms with van der Waals surface area (Å²) in [6.07, 6.45) is 1.61. The summed E-state index contributed by atoms with van der Waals surface area (Å²) < 4.78 is 5.34. The Morgan fingerprint density at radius 2 is 1.92 bits per heavy atom. The number of ether oxygens (including phenoxy) is 1. The number of carbonyl (C=O) groups is 2. The van der Waals surface area contributed by atoms with Gasteiger partial charge < -0.3 is 15.0 Å². The van der Waals surface area contributed by atoms with E-state index in [4.69, 9.17) is 4.74 Å². The number of rotatable bonds is 7. The van der Waals surface area contributed by atoms with Crippen LogP contribution in [-0.4, -0.2) is 73.6 Å². The molecule has 2 aliphatic heterocycles. The number of amides is 2. The number of hydrogen-bond donors (Lipinski definition) is 1. The number of nitrogens with one attached hydrogen (secondary N) is 1. The highest BCUT2D eigenvalue weighted by molar-refractivity contribution is 5.82. The third kappa shape index (κ3) is 5.54. The molecule has 2 fully saturated rings. The highest BCUT2D eigenvalue weighted by Crippen LogP contribution is 2.12. The topological polar surface area (TPSA) is 61.9 Å². The van der Waals surface area contributed by atoms with Gasteiger partial charge in [-0.1, -0.05) is 30.3 Å². The molecule has 136 valence electrons. The highest BCUT2D eigenvalue weighted by atomic mass is 16.5. The van der Waals surface area contributed by atoms with E-state index in [-0.39, 0.29) is 17.9 Å². The van der Waals surface area contributed by atoms with Crippen molar-refractivity contribution < 1.29 is 14.3 Å². The van der Waals surface area contributed by atoms with Gasteiger partial charge in [0.1, 0.15) is 0 Å². The lowest BCUT2D eigenvalue weighted by Gasteiger charge is -2.28. The fraction of sp³-hybridized carbons (Fsp3) is 0.579. The molecule has 6 nitrogen and oxygen atoms in total. The standard InChI is InChI=1S/C19H27N3O3/c23-18(7-6-16-4-2-1-3-5-16)20-17-14-19(24)22(15-17)9-8-21-10-12-25-13-11-21/h1-5,17H,6-15H2,(H,20,23)/t17-/m1/s1. The summed E-state index contributed by atoms with van der Waals surface area (Å²) in [7, 11) is 0. The van der Waals surface area contributed by atoms with Crippen molar-refractivity contribution in [2.24, 2.45) is 0 Å². The van der Waals surface area contributed by atoms with Gasteiger partial charge >= 0.3 is 0 Å². The van der Waals surface area contributed by atoms with Crippen LogP contribution in [0.15, 0.2) is 30.3 Å². The lowest BCUT2D eigenvalue weighted by atomic mass is 10.1. The van der Waals surface area contributed by atoms with Crippen LogP contribution in [0, 0.1) is 0 Å². The van der Waals surface area contributed by atoms with Crippen LogP contribution >= 0.6 is 0 Å². The minimum Gasteiger partial charge on any atom is -0.379 e. The number of hydrogen-bond acceptors (Lipinski definition) is 4. The molecule has 1 atom stereocenters. The van der Waals surface area contributed by atoms with Crippen molar-refractivity contribution in [3.8, 4) is 0 Å². The maximum atomic E-state index is 12.1. The van der Waals surface area contributed by atoms with Crippen molar-refractivity contribution in [1.29, 1.82) is 0 Å². The molecule has 0 aliphatic carbocycles. The molecule has 0 saturated carbocycles. The summed E-state index contributed by atoms with van der Waals surface area (Å²) in [4.78, 5) is 28.5. The molecule has 1 N–H and O–H groups in total. The first-order valence-corrected chi connectivity index (χ1v) is 9.12. The highest BCUT2D eigenvalue weighted by Gasteiger charge is 2.30. The van der Waals surface area contributed by atoms with E-state index in [0.717, 1.165) is 51.4 Å². The summed E-state index contributed by atoms with van der Waals surface area (Å²) >= 11 is 0. The maximum Gasteiger partial charge on any atom is 0.224 e. The van der Waals surface area contributed by atoms with E-state index in [9.17, 15) is 9.59 Å². The summed E-state index contributed by atoms with van der Waals surface area (Å²) in [6, 6.07) is 9.93. The third-order valence-corrected chi connectivity index (χ3v) is 4.85. The third-order valence-electron chi connectivity index (χ3n) is 4.85. The fourth-order valence-corrected chi connectivity index (χ4v) is 3.37. The van der Waals surface area contributed by atoms with Crippen molar-refractivity contribution in [2.45, 2.75) is 25.3 Å². The first-order chi connectivity index (χ1) is 12.2. The first-order valence-electron chi connectivity index (χ1n) is 9.12. The lowest BCUT2D eigenvalue weighted by Crippen LogP contribution is -2.42. The van der Waals surface area contributed by atoms with Gasteiger partial charge in [-0.05, 0) is 12.0 Å². The normalized spacial score (nSPS) is 21.5. The molecule has 0 bridgehead atoms. The van der Waals surface area contributed by atoms with Gasteiger partial charge in [0.05, 0.1) is 19.3 Å². The molecule has 0 unspecified atom stereocenters. The molecule has 3 rings (SSSR count). The molecule has 25 heavy (non-hydrogen) atoms. The van der Waals surface area contributed by atoms with E-state index in [1.54, 1.807) is 0 Å². The van der Waals surface area contributed by atoms with Gasteiger partial charge in [-0.15, -0.1) is 0 Å². The lowest BCUT2D eigenvalue weighted by molar-refractivity contribution is -0.128. The molecular weight excluding hydrogens is 318 g/mol. The van der Waals surface area contributed by atoms with Crippen LogP contribution in [-0.2, 0) is 20.7 Å². The minimum atomic E-state index is -0.0551. The Kier molecular flexibility index (Phi) is 6.42. The number of nitrogens with zero attached hydrogens (tertiary/aromatic N) is 2. The number of aryl methyl sites for hydroxylation is 1. The van der Waals surface area contributed by atoms with Crippen LogP contribution in [0.3, 0.4) is 0 Å². The maximum absolute atomic E-state index is 12.1. The van der Waals surface area contributed by atoms with E-state index >= 15 is 0 Å². The largest absolute Gasteiger partial charge is 0.379 e. The smallest absolute Gasteiger partial charge is 0.224 e. The number of likely N-dealkylation sites (tertiary alicyclic amines) is 1. The van der Waals surface area contributed by atoms with E-state index in [1.807, 2.05) is 35.2 Å². The average molecular weight is 345 g/mol. The number of morpholine rings is 1. The van der Waals surface area contributed by atoms with E-state index in [2.05, 4.69) is 10.2 Å². The zero-order valence-electron chi connectivity index (χ0n) is 14.7. The second-order valence-electron chi connectivity index (χ2n) is 6.75. The Balaban J connectivity index is 1.37. The Morgan fingerprint density at radius 1 is 1.16 bits per heavy atom. The molecule has 2 heterocycles. The average Bonchev–Trinajstić information content (AvgIpc) is 2.99. The van der Waals surface area contributed by atoms with Gasteiger partial charge in [-0.3, -0.25) is 14.5 Å². The van der Waals surface area contributed by atoms with E-state index in [1.165, 1.54) is 0 Å². The van der Waals surface area contributed by atoms with Gasteiger partial charge in [-0.2, -0.15) is 0 Å². The van der Waals surface area contributed by atoms with Gasteiger partial charge in [-0.25, -0.2) is 0 Å². The first kappa shape index (κ1) is 17.9. The summed E-state index contributed by atoms with van der Waals surface area (Å²) in [5, 5.41) is 3.01. The molecule has 1 aromatic carbocycles. The monoisotopic (exact) mass is 345 g/mol. The van der Waals surface area contributed by atoms with Gasteiger partial charge in [0.25, 0.3) is 0 Å². The second-order valence-corrected chi connectivity index (χ2v) is 6.75. The Hall–Kier alpha value is -1.92. The quantitative estimate of drug-likeness (QED) is 0.789. The Labute approximate surface area is 149 Å². The summed E-state index contributed by atoms with van der Waals surface area (Å²) in [6.45, 7) is 5.64. The van der Waals surface area contributed by atoms with Gasteiger partial charge in [0.15, 0.2) is 0 Å². The molecule has 0 spiro atoms. The zero-order valence-corrected chi connectivity index (χ0v) is 14.7. The van der Waals surface area contributed by atoms with Crippen molar-refractivity contribution in [3.05, 3.63) is 35.9 Å². The Morgan fingerprint density at radius 3 is 2.68 bits per heavy atom. The van der Waals surface area contributed by atoms with Gasteiger partial charge in [0.2, 0.25) is 11.8 Å². The predicted octanol–water partition coefficient (Wildman–Crippen LogP) is 0.669. The minimum absolute atomic E-state index is 0.0247. The summed E-state index contributed by atoms with van der Waals surface area (Å²) in [5.74, 6) is 0.165. The van der Waals surface area contributed by atoms with Crippen LogP contribution in [0.5, 0.6) is 0 Å². The Bertz CT molecular complexity index is 573. The fourth-order valence-electron chi connectivity index (χ4n) is 3.37. The molecule has 2 saturated heterocycles. The predicted molar refractivity (Wildman–Crippen MR) is 95.1 cm³/mol. The van der Waals surface area contributed by atoms with Crippen molar-refractivity contribution in [2.75, 3.05) is 45.9 Å². The molecule has 2 amide bonds. The van der Waals surface area contributed by atoms with Crippen molar-refractivity contribution in [1.82, 2.24) is 15.1 Å². The molecule has 0 radical (unpaired) electrons. The SMILES string of the molecule is O=C(CCc1ccccc1)N[C@@H]1CC(=O)N(CCN2CCOCC2)C1. The van der Waals surface area contributed by atoms with Crippen LogP contribution < -0.4 is 5.32 Å².